The van der Waals surface area contributed by atoms with Crippen LogP contribution >= 0.6 is 0 Å². The number of benzene rings is 2. The minimum absolute atomic E-state index is 0.0915. The Hall–Kier alpha value is -2.10. The van der Waals surface area contributed by atoms with Crippen molar-refractivity contribution in [2.45, 2.75) is 0 Å². The Labute approximate surface area is 92.0 Å². The van der Waals surface area contributed by atoms with E-state index in [4.69, 9.17) is 0 Å². The molecule has 0 fully saturated rings. The van der Waals surface area contributed by atoms with Crippen molar-refractivity contribution in [3.63, 3.8) is 0 Å². The summed E-state index contributed by atoms with van der Waals surface area (Å²) in [6, 6.07) is 14.2. The molecular weight excluding hydrogens is 210 g/mol. The molecule has 2 nitrogen and oxygen atoms in total. The molecule has 1 N–H and O–H groups in total. The minimum Gasteiger partial charge on any atom is -0.267 e. The largest absolute Gasteiger partial charge is 0.267 e. The first-order chi connectivity index (χ1) is 7.77. The van der Waals surface area contributed by atoms with Gasteiger partial charge in [-0.1, -0.05) is 34.8 Å². The van der Waals surface area contributed by atoms with Gasteiger partial charge in [0.2, 0.25) is 0 Å². The van der Waals surface area contributed by atoms with Crippen LogP contribution in [-0.2, 0) is 0 Å². The van der Waals surface area contributed by atoms with Crippen LogP contribution in [0.25, 0.3) is 0 Å². The average molecular weight is 220 g/mol. The number of para-hydroxylation sites is 2. The maximum absolute atomic E-state index is 13.6. The number of hydrogen-bond donors (Lipinski definition) is 1. The van der Waals surface area contributed by atoms with Gasteiger partial charge in [0.25, 0.3) is 0 Å². The molecule has 4 heteroatoms. The first-order valence-electron chi connectivity index (χ1n) is 4.79. The van der Waals surface area contributed by atoms with Crippen molar-refractivity contribution in [3.8, 4) is 0 Å². The van der Waals surface area contributed by atoms with Gasteiger partial charge in [0.05, 0.1) is 11.4 Å². The van der Waals surface area contributed by atoms with E-state index in [0.717, 1.165) is 0 Å². The van der Waals surface area contributed by atoms with E-state index in [1.54, 1.807) is 42.5 Å². The summed E-state index contributed by atoms with van der Waals surface area (Å²) in [5.41, 5.74) is 2.72. The van der Waals surface area contributed by atoms with Gasteiger partial charge in [-0.25, -0.2) is 4.39 Å². The van der Waals surface area contributed by atoms with Crippen LogP contribution in [0, 0.1) is 5.82 Å². The topological polar surface area (TPSA) is 15.3 Å². The van der Waals surface area contributed by atoms with E-state index in [-0.39, 0.29) is 10.9 Å². The second-order valence-electron chi connectivity index (χ2n) is 3.21. The Bertz CT molecular complexity index is 460. The summed E-state index contributed by atoms with van der Waals surface area (Å²) in [5.74, 6) is -0.499. The van der Waals surface area contributed by atoms with Crippen molar-refractivity contribution >= 4 is 11.4 Å². The van der Waals surface area contributed by atoms with Crippen molar-refractivity contribution in [2.24, 2.45) is 0 Å². The van der Waals surface area contributed by atoms with E-state index in [1.165, 1.54) is 12.1 Å². The van der Waals surface area contributed by atoms with Gasteiger partial charge in [-0.05, 0) is 24.3 Å². The third kappa shape index (κ3) is 2.28. The minimum atomic E-state index is -0.499. The summed E-state index contributed by atoms with van der Waals surface area (Å²) in [6.45, 7) is 0. The molecule has 16 heavy (non-hydrogen) atoms. The third-order valence-corrected chi connectivity index (χ3v) is 2.08. The lowest BCUT2D eigenvalue weighted by atomic mass is 10.3. The highest BCUT2D eigenvalue weighted by Crippen LogP contribution is 2.18. The molecule has 0 atom stereocenters. The number of nitrogens with zero attached hydrogens (tertiary/aromatic N) is 1. The fourth-order valence-corrected chi connectivity index (χ4v) is 1.28. The van der Waals surface area contributed by atoms with Gasteiger partial charge in [0.1, 0.15) is 5.82 Å². The average Bonchev–Trinajstić information content (AvgIpc) is 2.33. The number of anilines is 2. The van der Waals surface area contributed by atoms with Crippen LogP contribution in [0.4, 0.5) is 20.2 Å². The Kier molecular flexibility index (Phi) is 3.00. The standard InChI is InChI=1S/C12H10F2N2/c13-11-8-4-5-9-12(11)15-16(14)10-6-2-1-3-7-10/h1-9,15H. The van der Waals surface area contributed by atoms with Crippen molar-refractivity contribution in [2.75, 3.05) is 10.7 Å². The van der Waals surface area contributed by atoms with Gasteiger partial charge >= 0.3 is 0 Å². The monoisotopic (exact) mass is 220 g/mol. The summed E-state index contributed by atoms with van der Waals surface area (Å²) < 4.78 is 26.8. The molecule has 0 amide bonds. The van der Waals surface area contributed by atoms with E-state index >= 15 is 0 Å². The maximum atomic E-state index is 13.6. The Morgan fingerprint density at radius 3 is 2.19 bits per heavy atom. The number of hydrazine groups is 1. The fourth-order valence-electron chi connectivity index (χ4n) is 1.28. The number of rotatable bonds is 3. The highest BCUT2D eigenvalue weighted by molar-refractivity contribution is 5.53. The molecule has 0 spiro atoms. The molecule has 2 rings (SSSR count). The number of halogens is 2. The van der Waals surface area contributed by atoms with Crippen molar-refractivity contribution in [3.05, 3.63) is 60.4 Å². The Morgan fingerprint density at radius 2 is 1.50 bits per heavy atom. The molecule has 0 saturated heterocycles. The van der Waals surface area contributed by atoms with Crippen LogP contribution in [0.3, 0.4) is 0 Å². The van der Waals surface area contributed by atoms with Gasteiger partial charge in [-0.15, -0.1) is 5.23 Å². The summed E-state index contributed by atoms with van der Waals surface area (Å²) in [5, 5.41) is 0.276. The second-order valence-corrected chi connectivity index (χ2v) is 3.21. The molecule has 2 aromatic rings. The van der Waals surface area contributed by atoms with Crippen LogP contribution in [0.15, 0.2) is 54.6 Å². The van der Waals surface area contributed by atoms with Crippen LogP contribution in [0.5, 0.6) is 0 Å². The van der Waals surface area contributed by atoms with E-state index in [9.17, 15) is 8.87 Å². The second kappa shape index (κ2) is 4.61. The third-order valence-electron chi connectivity index (χ3n) is 2.08. The highest BCUT2D eigenvalue weighted by atomic mass is 19.2. The fraction of sp³-hybridized carbons (Fsp3) is 0. The van der Waals surface area contributed by atoms with Gasteiger partial charge in [-0.3, -0.25) is 5.43 Å². The van der Waals surface area contributed by atoms with E-state index in [1.807, 2.05) is 0 Å². The molecule has 0 aliphatic rings. The Morgan fingerprint density at radius 1 is 0.875 bits per heavy atom. The summed E-state index contributed by atoms with van der Waals surface area (Å²) in [7, 11) is 0. The first-order valence-corrected chi connectivity index (χ1v) is 4.79. The lowest BCUT2D eigenvalue weighted by molar-refractivity contribution is 0.469. The first kappa shape index (κ1) is 10.4. The molecule has 0 aliphatic heterocycles. The molecule has 82 valence electrons. The molecule has 2 aromatic carbocycles. The van der Waals surface area contributed by atoms with Crippen LogP contribution in [0.2, 0.25) is 0 Å². The predicted molar refractivity (Wildman–Crippen MR) is 60.1 cm³/mol. The summed E-state index contributed by atoms with van der Waals surface area (Å²) in [4.78, 5) is 0. The molecule has 0 radical (unpaired) electrons. The molecule has 0 heterocycles. The van der Waals surface area contributed by atoms with Gasteiger partial charge < -0.3 is 0 Å². The normalized spacial score (nSPS) is 9.88. The zero-order valence-electron chi connectivity index (χ0n) is 8.40. The van der Waals surface area contributed by atoms with Crippen LogP contribution in [0.1, 0.15) is 0 Å². The summed E-state index contributed by atoms with van der Waals surface area (Å²) >= 11 is 0. The van der Waals surface area contributed by atoms with Crippen molar-refractivity contribution in [1.82, 2.24) is 0 Å². The van der Waals surface area contributed by atoms with E-state index < -0.39 is 5.82 Å². The van der Waals surface area contributed by atoms with Crippen molar-refractivity contribution < 1.29 is 8.87 Å². The zero-order chi connectivity index (χ0) is 11.4. The number of nitrogens with one attached hydrogen (secondary N) is 1. The quantitative estimate of drug-likeness (QED) is 0.628. The SMILES string of the molecule is Fc1ccccc1NN(F)c1ccccc1. The smallest absolute Gasteiger partial charge is 0.148 e. The zero-order valence-corrected chi connectivity index (χ0v) is 8.40. The van der Waals surface area contributed by atoms with E-state index in [0.29, 0.717) is 5.69 Å². The maximum Gasteiger partial charge on any atom is 0.148 e. The van der Waals surface area contributed by atoms with Gasteiger partial charge in [0, 0.05) is 0 Å². The van der Waals surface area contributed by atoms with Crippen LogP contribution < -0.4 is 10.7 Å². The highest BCUT2D eigenvalue weighted by Gasteiger charge is 2.06. The lowest BCUT2D eigenvalue weighted by Crippen LogP contribution is -2.20. The molecule has 0 bridgehead atoms. The van der Waals surface area contributed by atoms with Crippen LogP contribution in [-0.4, -0.2) is 0 Å². The molecule has 0 saturated carbocycles. The molecule has 0 unspecified atom stereocenters. The molecule has 0 aliphatic carbocycles. The van der Waals surface area contributed by atoms with Crippen molar-refractivity contribution in [1.29, 1.82) is 0 Å². The van der Waals surface area contributed by atoms with E-state index in [2.05, 4.69) is 5.43 Å². The molecule has 0 aromatic heterocycles. The summed E-state index contributed by atoms with van der Waals surface area (Å²) in [6.07, 6.45) is 0. The number of hydrogen-bond acceptors (Lipinski definition) is 2. The predicted octanol–water partition coefficient (Wildman–Crippen LogP) is 3.54. The lowest BCUT2D eigenvalue weighted by Gasteiger charge is -2.16. The Balaban J connectivity index is 2.14. The van der Waals surface area contributed by atoms with Gasteiger partial charge in [0.15, 0.2) is 0 Å². The van der Waals surface area contributed by atoms with Gasteiger partial charge in [-0.2, -0.15) is 0 Å². The molecular formula is C12H10F2N2.